The smallest absolute Gasteiger partial charge is 0.255 e. The molecule has 0 saturated heterocycles. The van der Waals surface area contributed by atoms with Crippen LogP contribution in [-0.2, 0) is 11.3 Å². The van der Waals surface area contributed by atoms with Crippen LogP contribution in [0.15, 0.2) is 84.9 Å². The van der Waals surface area contributed by atoms with Gasteiger partial charge in [-0.1, -0.05) is 60.7 Å². The van der Waals surface area contributed by atoms with E-state index in [-0.39, 0.29) is 17.7 Å². The summed E-state index contributed by atoms with van der Waals surface area (Å²) in [7, 11) is 0. The Hall–Kier alpha value is -4.36. The number of amides is 1. The summed E-state index contributed by atoms with van der Waals surface area (Å²) in [6.45, 7) is 2.75. The van der Waals surface area contributed by atoms with Gasteiger partial charge in [-0.25, -0.2) is 0 Å². The second-order valence-electron chi connectivity index (χ2n) is 10.5. The van der Waals surface area contributed by atoms with Gasteiger partial charge in [-0.05, 0) is 94.1 Å². The van der Waals surface area contributed by atoms with Crippen molar-refractivity contribution in [3.63, 3.8) is 0 Å². The first kappa shape index (κ1) is 26.8. The molecule has 0 spiro atoms. The maximum Gasteiger partial charge on any atom is 0.255 e. The summed E-state index contributed by atoms with van der Waals surface area (Å²) >= 11 is 0. The van der Waals surface area contributed by atoms with Crippen molar-refractivity contribution in [2.24, 2.45) is 5.73 Å². The summed E-state index contributed by atoms with van der Waals surface area (Å²) in [5, 5.41) is 7.45. The molecule has 4 aromatic rings. The molecule has 1 unspecified atom stereocenters. The third kappa shape index (κ3) is 5.25. The molecule has 0 aromatic heterocycles. The number of aryl methyl sites for hydroxylation is 1. The molecule has 4 N–H and O–H groups in total. The second kappa shape index (κ2) is 11.6. The van der Waals surface area contributed by atoms with Crippen molar-refractivity contribution in [2.45, 2.75) is 32.2 Å². The van der Waals surface area contributed by atoms with Crippen LogP contribution in [-0.4, -0.2) is 24.8 Å². The van der Waals surface area contributed by atoms with Crippen molar-refractivity contribution in [1.82, 2.24) is 5.48 Å². The Balaban J connectivity index is 1.36. The zero-order chi connectivity index (χ0) is 28.3. The highest BCUT2D eigenvalue weighted by atomic mass is 16.6. The summed E-state index contributed by atoms with van der Waals surface area (Å²) < 4.78 is 0. The first-order chi connectivity index (χ1) is 20.0. The molecule has 0 saturated carbocycles. The molecule has 6 rings (SSSR count). The number of carbonyl (C=O) groups is 2. The number of nitrogens with one attached hydrogen (secondary N) is 2. The van der Waals surface area contributed by atoms with E-state index < -0.39 is 0 Å². The predicted molar refractivity (Wildman–Crippen MR) is 161 cm³/mol. The zero-order valence-electron chi connectivity index (χ0n) is 23.1. The first-order valence-electron chi connectivity index (χ1n) is 14.1. The van der Waals surface area contributed by atoms with Gasteiger partial charge in [-0.3, -0.25) is 14.4 Å². The maximum atomic E-state index is 13.8. The van der Waals surface area contributed by atoms with E-state index in [9.17, 15) is 9.59 Å². The molecule has 206 valence electrons. The van der Waals surface area contributed by atoms with Crippen molar-refractivity contribution in [3.8, 4) is 0 Å². The van der Waals surface area contributed by atoms with E-state index in [1.807, 2.05) is 31.2 Å². The maximum absolute atomic E-state index is 13.8. The van der Waals surface area contributed by atoms with Crippen LogP contribution in [0.5, 0.6) is 0 Å². The Morgan fingerprint density at radius 1 is 0.878 bits per heavy atom. The number of carbonyl (C=O) groups excluding carboxylic acids is 2. The van der Waals surface area contributed by atoms with Crippen LogP contribution in [0.3, 0.4) is 0 Å². The van der Waals surface area contributed by atoms with Crippen molar-refractivity contribution in [2.75, 3.05) is 18.5 Å². The summed E-state index contributed by atoms with van der Waals surface area (Å²) in [6.07, 6.45) is 4.70. The van der Waals surface area contributed by atoms with Gasteiger partial charge in [-0.15, -0.1) is 0 Å². The number of anilines is 1. The van der Waals surface area contributed by atoms with E-state index >= 15 is 0 Å². The van der Waals surface area contributed by atoms with Crippen LogP contribution in [0.1, 0.15) is 56.3 Å². The Labute approximate surface area is 238 Å². The van der Waals surface area contributed by atoms with Crippen LogP contribution < -0.4 is 27.0 Å². The monoisotopic (exact) mass is 543 g/mol. The van der Waals surface area contributed by atoms with Gasteiger partial charge in [0.25, 0.3) is 5.91 Å². The minimum Gasteiger partial charge on any atom is -0.328 e. The van der Waals surface area contributed by atoms with Crippen molar-refractivity contribution >= 4 is 29.0 Å². The molecule has 41 heavy (non-hydrogen) atoms. The van der Waals surface area contributed by atoms with E-state index in [0.29, 0.717) is 30.0 Å². The summed E-state index contributed by atoms with van der Waals surface area (Å²) in [6, 6.07) is 27.1. The Morgan fingerprint density at radius 2 is 1.63 bits per heavy atom. The number of hydrogen-bond acceptors (Lipinski definition) is 5. The predicted octanol–water partition coefficient (Wildman–Crippen LogP) is 4.22. The van der Waals surface area contributed by atoms with E-state index in [1.165, 1.54) is 10.8 Å². The minimum absolute atomic E-state index is 0.0201. The van der Waals surface area contributed by atoms with Gasteiger partial charge in [0.1, 0.15) is 0 Å². The molecule has 1 amide bonds. The van der Waals surface area contributed by atoms with Gasteiger partial charge in [-0.2, -0.15) is 5.48 Å². The van der Waals surface area contributed by atoms with Crippen LogP contribution in [0, 0.1) is 17.4 Å². The number of rotatable bonds is 8. The van der Waals surface area contributed by atoms with Gasteiger partial charge in [0.2, 0.25) is 0 Å². The van der Waals surface area contributed by atoms with Gasteiger partial charge < -0.3 is 11.1 Å². The fourth-order valence-corrected chi connectivity index (χ4v) is 5.98. The molecule has 2 aliphatic carbocycles. The van der Waals surface area contributed by atoms with Crippen LogP contribution in [0.2, 0.25) is 0 Å². The molecule has 2 aliphatic rings. The summed E-state index contributed by atoms with van der Waals surface area (Å²) in [5.74, 6) is -0.147. The molecule has 4 aromatic carbocycles. The van der Waals surface area contributed by atoms with Gasteiger partial charge in [0, 0.05) is 28.9 Å². The largest absolute Gasteiger partial charge is 0.328 e. The average Bonchev–Trinajstić information content (AvgIpc) is 3.00. The number of ketones is 1. The topological polar surface area (TPSA) is 93.5 Å². The molecule has 6 heteroatoms. The number of benzene rings is 4. The molecule has 0 bridgehead atoms. The minimum atomic E-state index is -0.167. The van der Waals surface area contributed by atoms with Gasteiger partial charge in [0.05, 0.1) is 12.6 Å². The fraction of sp³-hybridized carbons (Fsp3) is 0.200. The number of Topliss-reactive ketones (excluding diaryl/α,β-unsaturated/α-hetero) is 1. The molecule has 0 aliphatic heterocycles. The lowest BCUT2D eigenvalue weighted by atomic mass is 9.82. The highest BCUT2D eigenvalue weighted by molar-refractivity contribution is 6.24. The molecular formula is C35H33N3O3. The van der Waals surface area contributed by atoms with Crippen LogP contribution in [0.25, 0.3) is 11.6 Å². The third-order valence-electron chi connectivity index (χ3n) is 7.94. The van der Waals surface area contributed by atoms with E-state index in [0.717, 1.165) is 51.6 Å². The van der Waals surface area contributed by atoms with Crippen LogP contribution >= 0.6 is 0 Å². The van der Waals surface area contributed by atoms with Crippen molar-refractivity contribution in [3.05, 3.63) is 134 Å². The van der Waals surface area contributed by atoms with Crippen molar-refractivity contribution < 1.29 is 14.4 Å². The lowest BCUT2D eigenvalue weighted by Gasteiger charge is -2.25. The SMILES string of the molecule is Cc1ccccc1C(=O)Nc1ccc(C(=O)C2=c3ccc4c(c3CCC2)C(NOCCN)C=c2ccccc2=4)cc1. The summed E-state index contributed by atoms with van der Waals surface area (Å²) in [5.41, 5.74) is 14.9. The van der Waals surface area contributed by atoms with E-state index in [4.69, 9.17) is 10.6 Å². The third-order valence-corrected chi connectivity index (χ3v) is 7.94. The number of hydrogen-bond donors (Lipinski definition) is 3. The highest BCUT2D eigenvalue weighted by Gasteiger charge is 2.24. The quantitative estimate of drug-likeness (QED) is 0.176. The molecule has 0 fully saturated rings. The number of nitrogens with two attached hydrogens (primary N) is 1. The Morgan fingerprint density at radius 3 is 2.44 bits per heavy atom. The van der Waals surface area contributed by atoms with E-state index in [1.54, 1.807) is 30.3 Å². The molecule has 1 atom stereocenters. The number of hydroxylamine groups is 1. The molecule has 0 radical (unpaired) electrons. The van der Waals surface area contributed by atoms with Crippen LogP contribution in [0.4, 0.5) is 5.69 Å². The molecule has 6 nitrogen and oxygen atoms in total. The Kier molecular flexibility index (Phi) is 7.61. The average molecular weight is 544 g/mol. The first-order valence-corrected chi connectivity index (χ1v) is 14.1. The molecule has 0 heterocycles. The van der Waals surface area contributed by atoms with Crippen molar-refractivity contribution in [1.29, 1.82) is 0 Å². The van der Waals surface area contributed by atoms with Gasteiger partial charge in [0.15, 0.2) is 5.78 Å². The van der Waals surface area contributed by atoms with E-state index in [2.05, 4.69) is 47.2 Å². The molecular weight excluding hydrogens is 510 g/mol. The standard InChI is InChI=1S/C35H33N3O3/c1-22-7-2-4-9-26(22)35(40)37-25-15-13-23(14-16-25)34(39)31-12-6-11-29-28(31)17-18-30-27-10-5-3-8-24(27)21-32(33(29)30)38-41-20-19-36/h2-5,7-10,13-18,21,32,38H,6,11-12,19-20,36H2,1H3,(H,37,40). The normalized spacial score (nSPS) is 15.3. The fourth-order valence-electron chi connectivity index (χ4n) is 5.98. The zero-order valence-corrected chi connectivity index (χ0v) is 23.1. The highest BCUT2D eigenvalue weighted by Crippen LogP contribution is 2.28. The lowest BCUT2D eigenvalue weighted by molar-refractivity contribution is 0.0339. The second-order valence-corrected chi connectivity index (χ2v) is 10.5. The lowest BCUT2D eigenvalue weighted by Crippen LogP contribution is -2.32. The number of fused-ring (bicyclic) bond motifs is 4. The Bertz CT molecular complexity index is 1860. The van der Waals surface area contributed by atoms with Gasteiger partial charge >= 0.3 is 0 Å². The summed E-state index contributed by atoms with van der Waals surface area (Å²) in [4.78, 5) is 32.3.